The average Bonchev–Trinajstić information content (AvgIpc) is 3.17. The van der Waals surface area contributed by atoms with Crippen molar-refractivity contribution in [2.75, 3.05) is 7.11 Å². The quantitative estimate of drug-likeness (QED) is 0.570. The van der Waals surface area contributed by atoms with Crippen LogP contribution >= 0.6 is 11.3 Å². The third kappa shape index (κ3) is 2.55. The molecule has 0 saturated heterocycles. The van der Waals surface area contributed by atoms with E-state index in [1.807, 2.05) is 42.5 Å². The van der Waals surface area contributed by atoms with Crippen LogP contribution in [0.2, 0.25) is 0 Å². The van der Waals surface area contributed by atoms with E-state index in [1.54, 1.807) is 19.5 Å². The summed E-state index contributed by atoms with van der Waals surface area (Å²) in [5.41, 5.74) is 1.59. The zero-order valence-electron chi connectivity index (χ0n) is 12.7. The number of fused-ring (bicyclic) bond motifs is 1. The van der Waals surface area contributed by atoms with Gasteiger partial charge in [0.1, 0.15) is 5.75 Å². The molecule has 0 aliphatic carbocycles. The van der Waals surface area contributed by atoms with E-state index in [-0.39, 0.29) is 5.56 Å². The summed E-state index contributed by atoms with van der Waals surface area (Å²) in [6.07, 6.45) is 5.17. The van der Waals surface area contributed by atoms with Crippen molar-refractivity contribution in [2.24, 2.45) is 0 Å². The van der Waals surface area contributed by atoms with E-state index in [0.717, 1.165) is 16.9 Å². The first-order valence-electron chi connectivity index (χ1n) is 7.20. The van der Waals surface area contributed by atoms with Crippen LogP contribution in [0.5, 0.6) is 5.75 Å². The Morgan fingerprint density at radius 1 is 1.12 bits per heavy atom. The van der Waals surface area contributed by atoms with Gasteiger partial charge in [-0.15, -0.1) is 5.10 Å². The maximum atomic E-state index is 12.5. The van der Waals surface area contributed by atoms with Crippen LogP contribution in [0.1, 0.15) is 5.56 Å². The molecule has 3 aromatic heterocycles. The highest BCUT2D eigenvalue weighted by atomic mass is 32.1. The molecule has 24 heavy (non-hydrogen) atoms. The third-order valence-electron chi connectivity index (χ3n) is 3.53. The summed E-state index contributed by atoms with van der Waals surface area (Å²) in [5.74, 6) is 1.30. The Morgan fingerprint density at radius 2 is 1.88 bits per heavy atom. The van der Waals surface area contributed by atoms with Gasteiger partial charge in [-0.3, -0.25) is 9.78 Å². The first kappa shape index (κ1) is 14.5. The van der Waals surface area contributed by atoms with Crippen molar-refractivity contribution in [1.29, 1.82) is 0 Å². The number of nitrogens with zero attached hydrogens (tertiary/aromatic N) is 4. The summed E-state index contributed by atoms with van der Waals surface area (Å²) in [6, 6.07) is 11.1. The molecule has 0 saturated carbocycles. The number of benzene rings is 1. The molecule has 118 valence electrons. The van der Waals surface area contributed by atoms with Crippen LogP contribution in [0.25, 0.3) is 22.4 Å². The van der Waals surface area contributed by atoms with Gasteiger partial charge in [-0.2, -0.15) is 9.50 Å². The van der Waals surface area contributed by atoms with Gasteiger partial charge in [0.2, 0.25) is 4.96 Å². The monoisotopic (exact) mass is 336 g/mol. The van der Waals surface area contributed by atoms with E-state index < -0.39 is 0 Å². The van der Waals surface area contributed by atoms with Crippen molar-refractivity contribution in [2.45, 2.75) is 0 Å². The maximum absolute atomic E-state index is 12.5. The third-order valence-corrected chi connectivity index (χ3v) is 4.49. The van der Waals surface area contributed by atoms with Crippen LogP contribution < -0.4 is 14.8 Å². The zero-order chi connectivity index (χ0) is 16.5. The molecule has 7 heteroatoms. The summed E-state index contributed by atoms with van der Waals surface area (Å²) in [4.78, 5) is 21.5. The Labute approximate surface area is 140 Å². The molecule has 0 aliphatic heterocycles. The predicted molar refractivity (Wildman–Crippen MR) is 92.1 cm³/mol. The summed E-state index contributed by atoms with van der Waals surface area (Å²) < 4.78 is 7.07. The largest absolute Gasteiger partial charge is 0.497 e. The molecule has 4 aromatic rings. The fraction of sp³-hybridized carbons (Fsp3) is 0.0588. The Morgan fingerprint density at radius 3 is 2.54 bits per heavy atom. The van der Waals surface area contributed by atoms with Gasteiger partial charge >= 0.3 is 0 Å². The average molecular weight is 336 g/mol. The Balaban J connectivity index is 1.78. The Kier molecular flexibility index (Phi) is 3.55. The van der Waals surface area contributed by atoms with E-state index in [9.17, 15) is 4.79 Å². The van der Waals surface area contributed by atoms with E-state index in [0.29, 0.717) is 15.3 Å². The van der Waals surface area contributed by atoms with Gasteiger partial charge in [0.15, 0.2) is 5.82 Å². The lowest BCUT2D eigenvalue weighted by atomic mass is 10.2. The fourth-order valence-corrected chi connectivity index (χ4v) is 3.22. The second-order valence-electron chi connectivity index (χ2n) is 5.05. The second kappa shape index (κ2) is 5.86. The lowest BCUT2D eigenvalue weighted by Gasteiger charge is -1.98. The highest BCUT2D eigenvalue weighted by Gasteiger charge is 2.11. The molecule has 0 bridgehead atoms. The number of hydrogen-bond donors (Lipinski definition) is 0. The van der Waals surface area contributed by atoms with Crippen LogP contribution in [0.3, 0.4) is 0 Å². The molecule has 4 rings (SSSR count). The van der Waals surface area contributed by atoms with Gasteiger partial charge < -0.3 is 4.74 Å². The number of methoxy groups -OCH3 is 1. The summed E-state index contributed by atoms with van der Waals surface area (Å²) >= 11 is 1.32. The fourth-order valence-electron chi connectivity index (χ4n) is 2.31. The van der Waals surface area contributed by atoms with Crippen molar-refractivity contribution < 1.29 is 4.74 Å². The minimum Gasteiger partial charge on any atom is -0.497 e. The first-order valence-corrected chi connectivity index (χ1v) is 8.02. The van der Waals surface area contributed by atoms with Crippen molar-refractivity contribution >= 4 is 22.4 Å². The Hall–Kier alpha value is -3.06. The van der Waals surface area contributed by atoms with Crippen LogP contribution in [0.4, 0.5) is 0 Å². The van der Waals surface area contributed by atoms with Crippen LogP contribution in [-0.2, 0) is 0 Å². The molecule has 0 fully saturated rings. The van der Waals surface area contributed by atoms with E-state index in [4.69, 9.17) is 4.74 Å². The molecule has 0 amide bonds. The number of ether oxygens (including phenoxy) is 1. The van der Waals surface area contributed by atoms with Gasteiger partial charge in [-0.1, -0.05) is 23.5 Å². The number of aromatic nitrogens is 4. The minimum absolute atomic E-state index is 0.168. The van der Waals surface area contributed by atoms with Gasteiger partial charge in [0.25, 0.3) is 5.56 Å². The second-order valence-corrected chi connectivity index (χ2v) is 6.06. The van der Waals surface area contributed by atoms with Crippen LogP contribution in [-0.4, -0.2) is 26.7 Å². The van der Waals surface area contributed by atoms with Gasteiger partial charge in [0, 0.05) is 18.0 Å². The molecule has 0 aliphatic rings. The van der Waals surface area contributed by atoms with Crippen molar-refractivity contribution in [3.05, 3.63) is 69.2 Å². The SMILES string of the molecule is COc1ccc(C=c2sc3nc(-c4ccncc4)nn3c2=O)cc1. The highest BCUT2D eigenvalue weighted by Crippen LogP contribution is 2.15. The molecule has 0 unspecified atom stereocenters. The van der Waals surface area contributed by atoms with Crippen LogP contribution in [0, 0.1) is 0 Å². The molecule has 0 N–H and O–H groups in total. The summed E-state index contributed by atoms with van der Waals surface area (Å²) in [6.45, 7) is 0. The molecular formula is C17H12N4O2S. The first-order chi connectivity index (χ1) is 11.7. The molecule has 0 atom stereocenters. The number of rotatable bonds is 3. The van der Waals surface area contributed by atoms with E-state index >= 15 is 0 Å². The molecule has 1 aromatic carbocycles. The molecule has 3 heterocycles. The number of pyridine rings is 1. The molecular weight excluding hydrogens is 324 g/mol. The zero-order valence-corrected chi connectivity index (χ0v) is 13.5. The number of thiazole rings is 1. The standard InChI is InChI=1S/C17H12N4O2S/c1-23-13-4-2-11(3-5-13)10-14-16(22)21-17(24-14)19-15(20-21)12-6-8-18-9-7-12/h2-10H,1H3. The topological polar surface area (TPSA) is 69.4 Å². The van der Waals surface area contributed by atoms with Gasteiger partial charge in [0.05, 0.1) is 11.6 Å². The lowest BCUT2D eigenvalue weighted by Crippen LogP contribution is -2.23. The predicted octanol–water partition coefficient (Wildman–Crippen LogP) is 1.77. The lowest BCUT2D eigenvalue weighted by molar-refractivity contribution is 0.415. The van der Waals surface area contributed by atoms with E-state index in [1.165, 1.54) is 15.9 Å². The smallest absolute Gasteiger partial charge is 0.291 e. The number of hydrogen-bond acceptors (Lipinski definition) is 6. The maximum Gasteiger partial charge on any atom is 0.291 e. The minimum atomic E-state index is -0.168. The van der Waals surface area contributed by atoms with Gasteiger partial charge in [-0.05, 0) is 35.9 Å². The van der Waals surface area contributed by atoms with E-state index in [2.05, 4.69) is 15.1 Å². The highest BCUT2D eigenvalue weighted by molar-refractivity contribution is 7.15. The summed E-state index contributed by atoms with van der Waals surface area (Å²) in [5, 5.41) is 4.31. The Bertz CT molecular complexity index is 1100. The van der Waals surface area contributed by atoms with Gasteiger partial charge in [-0.25, -0.2) is 0 Å². The molecule has 6 nitrogen and oxygen atoms in total. The molecule has 0 spiro atoms. The van der Waals surface area contributed by atoms with Crippen molar-refractivity contribution in [1.82, 2.24) is 19.6 Å². The normalized spacial score (nSPS) is 12.0. The van der Waals surface area contributed by atoms with Crippen molar-refractivity contribution in [3.8, 4) is 17.1 Å². The molecule has 0 radical (unpaired) electrons. The summed E-state index contributed by atoms with van der Waals surface area (Å²) in [7, 11) is 1.62. The van der Waals surface area contributed by atoms with Crippen LogP contribution in [0.15, 0.2) is 53.6 Å². The van der Waals surface area contributed by atoms with Crippen molar-refractivity contribution in [3.63, 3.8) is 0 Å².